The Balaban J connectivity index is 2.10. The van der Waals surface area contributed by atoms with Crippen molar-refractivity contribution in [2.45, 2.75) is 52.7 Å². The van der Waals surface area contributed by atoms with Gasteiger partial charge in [-0.2, -0.15) is 0 Å². The van der Waals surface area contributed by atoms with E-state index in [1.54, 1.807) is 0 Å². The molecule has 0 N–H and O–H groups in total. The Morgan fingerprint density at radius 3 is 2.33 bits per heavy atom. The molecule has 0 radical (unpaired) electrons. The standard InChI is InChI=1S/C17H25BO3/c1-13(2)10-11-19-15-9-7-8-14(12-15)18-20-16(3,4)17(5,6)21-18/h7-10,12H,11H2,1-6H3. The topological polar surface area (TPSA) is 27.7 Å². The van der Waals surface area contributed by atoms with Crippen molar-refractivity contribution < 1.29 is 14.0 Å². The predicted octanol–water partition coefficient (Wildman–Crippen LogP) is 3.33. The molecular formula is C17H25BO3. The van der Waals surface area contributed by atoms with Gasteiger partial charge >= 0.3 is 7.12 Å². The van der Waals surface area contributed by atoms with Crippen LogP contribution in [0.4, 0.5) is 0 Å². The second-order valence-electron chi connectivity index (χ2n) is 6.75. The lowest BCUT2D eigenvalue weighted by molar-refractivity contribution is 0.00578. The fourth-order valence-corrected chi connectivity index (χ4v) is 2.03. The van der Waals surface area contributed by atoms with Crippen LogP contribution in [0.3, 0.4) is 0 Å². The Hall–Kier alpha value is -1.26. The molecule has 0 aliphatic carbocycles. The SMILES string of the molecule is CC(C)=CCOc1cccc(B2OC(C)(C)C(C)(C)O2)c1. The van der Waals surface area contributed by atoms with E-state index in [2.05, 4.69) is 47.6 Å². The Morgan fingerprint density at radius 1 is 1.14 bits per heavy atom. The molecule has 0 bridgehead atoms. The van der Waals surface area contributed by atoms with Crippen molar-refractivity contribution in [3.05, 3.63) is 35.9 Å². The number of ether oxygens (including phenoxy) is 1. The molecule has 1 aromatic carbocycles. The summed E-state index contributed by atoms with van der Waals surface area (Å²) in [5, 5.41) is 0. The van der Waals surface area contributed by atoms with Crippen LogP contribution in [0.25, 0.3) is 0 Å². The first-order valence-corrected chi connectivity index (χ1v) is 7.43. The van der Waals surface area contributed by atoms with Crippen molar-refractivity contribution in [3.8, 4) is 5.75 Å². The Kier molecular flexibility index (Phi) is 4.50. The molecule has 0 amide bonds. The lowest BCUT2D eigenvalue weighted by atomic mass is 9.79. The molecular weight excluding hydrogens is 263 g/mol. The number of hydrogen-bond donors (Lipinski definition) is 0. The van der Waals surface area contributed by atoms with Crippen LogP contribution in [-0.2, 0) is 9.31 Å². The van der Waals surface area contributed by atoms with Gasteiger partial charge in [0.15, 0.2) is 0 Å². The highest BCUT2D eigenvalue weighted by molar-refractivity contribution is 6.62. The third-order valence-electron chi connectivity index (χ3n) is 4.13. The first-order valence-electron chi connectivity index (χ1n) is 7.43. The van der Waals surface area contributed by atoms with Crippen molar-refractivity contribution in [2.75, 3.05) is 6.61 Å². The Labute approximate surface area is 128 Å². The second-order valence-corrected chi connectivity index (χ2v) is 6.75. The summed E-state index contributed by atoms with van der Waals surface area (Å²) in [6.07, 6.45) is 2.06. The molecule has 1 aliphatic rings. The lowest BCUT2D eigenvalue weighted by Gasteiger charge is -2.32. The summed E-state index contributed by atoms with van der Waals surface area (Å²) in [5.41, 5.74) is 1.59. The van der Waals surface area contributed by atoms with Crippen LogP contribution >= 0.6 is 0 Å². The van der Waals surface area contributed by atoms with Crippen molar-refractivity contribution in [3.63, 3.8) is 0 Å². The normalized spacial score (nSPS) is 19.4. The highest BCUT2D eigenvalue weighted by Crippen LogP contribution is 2.36. The summed E-state index contributed by atoms with van der Waals surface area (Å²) < 4.78 is 17.8. The fraction of sp³-hybridized carbons (Fsp3) is 0.529. The maximum absolute atomic E-state index is 6.06. The number of hydrogen-bond acceptors (Lipinski definition) is 3. The van der Waals surface area contributed by atoms with Crippen LogP contribution in [0.5, 0.6) is 5.75 Å². The zero-order valence-corrected chi connectivity index (χ0v) is 13.9. The Morgan fingerprint density at radius 2 is 1.76 bits per heavy atom. The van der Waals surface area contributed by atoms with Crippen LogP contribution in [0.15, 0.2) is 35.9 Å². The average molecular weight is 288 g/mol. The molecule has 1 aromatic rings. The number of benzene rings is 1. The van der Waals surface area contributed by atoms with E-state index in [9.17, 15) is 0 Å². The van der Waals surface area contributed by atoms with Gasteiger partial charge in [0, 0.05) is 0 Å². The maximum atomic E-state index is 6.06. The molecule has 21 heavy (non-hydrogen) atoms. The van der Waals surface area contributed by atoms with Gasteiger partial charge in [-0.25, -0.2) is 0 Å². The minimum Gasteiger partial charge on any atom is -0.490 e. The molecule has 0 saturated carbocycles. The molecule has 4 heteroatoms. The summed E-state index contributed by atoms with van der Waals surface area (Å²) in [5.74, 6) is 0.833. The van der Waals surface area contributed by atoms with E-state index in [-0.39, 0.29) is 18.3 Å². The monoisotopic (exact) mass is 288 g/mol. The first-order chi connectivity index (χ1) is 9.71. The second kappa shape index (κ2) is 5.86. The van der Waals surface area contributed by atoms with Crippen LogP contribution in [-0.4, -0.2) is 24.9 Å². The molecule has 0 aromatic heterocycles. The zero-order valence-electron chi connectivity index (χ0n) is 13.9. The van der Waals surface area contributed by atoms with E-state index >= 15 is 0 Å². The van der Waals surface area contributed by atoms with Crippen molar-refractivity contribution >= 4 is 12.6 Å². The van der Waals surface area contributed by atoms with Gasteiger partial charge in [-0.15, -0.1) is 0 Å². The number of allylic oxidation sites excluding steroid dienone is 1. The fourth-order valence-electron chi connectivity index (χ4n) is 2.03. The molecule has 2 rings (SSSR count). The average Bonchev–Trinajstić information content (AvgIpc) is 2.58. The first kappa shape index (κ1) is 16.1. The van der Waals surface area contributed by atoms with E-state index in [0.29, 0.717) is 6.61 Å². The largest absolute Gasteiger partial charge is 0.494 e. The van der Waals surface area contributed by atoms with Gasteiger partial charge in [0.1, 0.15) is 12.4 Å². The maximum Gasteiger partial charge on any atom is 0.494 e. The van der Waals surface area contributed by atoms with Gasteiger partial charge in [0.2, 0.25) is 0 Å². The van der Waals surface area contributed by atoms with E-state index < -0.39 is 0 Å². The van der Waals surface area contributed by atoms with Gasteiger partial charge in [0.25, 0.3) is 0 Å². The highest BCUT2D eigenvalue weighted by atomic mass is 16.7. The van der Waals surface area contributed by atoms with Gasteiger partial charge < -0.3 is 14.0 Å². The van der Waals surface area contributed by atoms with Crippen LogP contribution in [0.2, 0.25) is 0 Å². The van der Waals surface area contributed by atoms with Crippen LogP contribution in [0.1, 0.15) is 41.5 Å². The molecule has 0 unspecified atom stereocenters. The van der Waals surface area contributed by atoms with Gasteiger partial charge in [0.05, 0.1) is 11.2 Å². The minimum atomic E-state index is -0.345. The smallest absolute Gasteiger partial charge is 0.490 e. The van der Waals surface area contributed by atoms with Gasteiger partial charge in [-0.3, -0.25) is 0 Å². The summed E-state index contributed by atoms with van der Waals surface area (Å²) in [7, 11) is -0.345. The van der Waals surface area contributed by atoms with E-state index in [4.69, 9.17) is 14.0 Å². The van der Waals surface area contributed by atoms with Crippen molar-refractivity contribution in [2.24, 2.45) is 0 Å². The minimum absolute atomic E-state index is 0.323. The highest BCUT2D eigenvalue weighted by Gasteiger charge is 2.51. The van der Waals surface area contributed by atoms with E-state index in [1.807, 2.05) is 24.3 Å². The summed E-state index contributed by atoms with van der Waals surface area (Å²) in [4.78, 5) is 0. The van der Waals surface area contributed by atoms with Crippen LogP contribution < -0.4 is 10.2 Å². The molecule has 1 fully saturated rings. The Bertz CT molecular complexity index is 515. The van der Waals surface area contributed by atoms with Crippen molar-refractivity contribution in [1.29, 1.82) is 0 Å². The lowest BCUT2D eigenvalue weighted by Crippen LogP contribution is -2.41. The van der Waals surface area contributed by atoms with Crippen molar-refractivity contribution in [1.82, 2.24) is 0 Å². The predicted molar refractivity (Wildman–Crippen MR) is 87.1 cm³/mol. The van der Waals surface area contributed by atoms with Gasteiger partial charge in [-0.1, -0.05) is 17.7 Å². The quantitative estimate of drug-likeness (QED) is 0.628. The third-order valence-corrected chi connectivity index (χ3v) is 4.13. The molecule has 1 heterocycles. The summed E-state index contributed by atoms with van der Waals surface area (Å²) in [6, 6.07) is 7.92. The summed E-state index contributed by atoms with van der Waals surface area (Å²) in [6.45, 7) is 12.9. The molecule has 1 saturated heterocycles. The van der Waals surface area contributed by atoms with Crippen LogP contribution in [0, 0.1) is 0 Å². The van der Waals surface area contributed by atoms with Gasteiger partial charge in [-0.05, 0) is 65.2 Å². The molecule has 0 spiro atoms. The molecule has 114 valence electrons. The van der Waals surface area contributed by atoms with E-state index in [0.717, 1.165) is 11.2 Å². The zero-order chi connectivity index (χ0) is 15.7. The molecule has 1 aliphatic heterocycles. The summed E-state index contributed by atoms with van der Waals surface area (Å²) >= 11 is 0. The third kappa shape index (κ3) is 3.69. The number of rotatable bonds is 4. The molecule has 0 atom stereocenters. The molecule has 3 nitrogen and oxygen atoms in total. The van der Waals surface area contributed by atoms with E-state index in [1.165, 1.54) is 5.57 Å².